The van der Waals surface area contributed by atoms with Gasteiger partial charge in [-0.2, -0.15) is 0 Å². The lowest BCUT2D eigenvalue weighted by molar-refractivity contribution is 0.237. The van der Waals surface area contributed by atoms with Crippen molar-refractivity contribution in [2.45, 2.75) is 18.9 Å². The van der Waals surface area contributed by atoms with Gasteiger partial charge in [0.15, 0.2) is 0 Å². The molecule has 114 valence electrons. The summed E-state index contributed by atoms with van der Waals surface area (Å²) in [7, 11) is 0. The first-order chi connectivity index (χ1) is 10.8. The fourth-order valence-corrected chi connectivity index (χ4v) is 2.66. The van der Waals surface area contributed by atoms with E-state index < -0.39 is 0 Å². The highest BCUT2D eigenvalue weighted by atomic mass is 16.2. The van der Waals surface area contributed by atoms with E-state index in [1.54, 1.807) is 18.5 Å². The SMILES string of the molecule is O=C(NCCNc1ncccn1)N[C@H]1CCc2ccccc21. The van der Waals surface area contributed by atoms with Gasteiger partial charge in [-0.3, -0.25) is 0 Å². The van der Waals surface area contributed by atoms with E-state index in [4.69, 9.17) is 0 Å². The lowest BCUT2D eigenvalue weighted by atomic mass is 10.1. The van der Waals surface area contributed by atoms with E-state index in [9.17, 15) is 4.79 Å². The summed E-state index contributed by atoms with van der Waals surface area (Å²) >= 11 is 0. The van der Waals surface area contributed by atoms with Crippen molar-refractivity contribution in [1.29, 1.82) is 0 Å². The number of carbonyl (C=O) groups excluding carboxylic acids is 1. The predicted octanol–water partition coefficient (Wildman–Crippen LogP) is 1.88. The van der Waals surface area contributed by atoms with Crippen molar-refractivity contribution < 1.29 is 4.79 Å². The molecule has 3 rings (SSSR count). The number of hydrogen-bond donors (Lipinski definition) is 3. The Balaban J connectivity index is 1.40. The Morgan fingerprint density at radius 3 is 2.82 bits per heavy atom. The molecule has 22 heavy (non-hydrogen) atoms. The number of aryl methyl sites for hydroxylation is 1. The number of rotatable bonds is 5. The summed E-state index contributed by atoms with van der Waals surface area (Å²) in [6, 6.07) is 9.99. The van der Waals surface area contributed by atoms with Gasteiger partial charge in [0.05, 0.1) is 6.04 Å². The van der Waals surface area contributed by atoms with Crippen LogP contribution in [0.3, 0.4) is 0 Å². The molecule has 3 N–H and O–H groups in total. The van der Waals surface area contributed by atoms with E-state index in [2.05, 4.69) is 38.1 Å². The second kappa shape index (κ2) is 6.89. The van der Waals surface area contributed by atoms with Gasteiger partial charge in [0, 0.05) is 25.5 Å². The minimum atomic E-state index is -0.141. The van der Waals surface area contributed by atoms with Crippen molar-refractivity contribution in [3.8, 4) is 0 Å². The molecule has 0 saturated heterocycles. The minimum absolute atomic E-state index is 0.113. The van der Waals surface area contributed by atoms with Gasteiger partial charge in [-0.25, -0.2) is 14.8 Å². The Morgan fingerprint density at radius 2 is 1.95 bits per heavy atom. The first-order valence-electron chi connectivity index (χ1n) is 7.46. The van der Waals surface area contributed by atoms with Crippen LogP contribution in [-0.4, -0.2) is 29.1 Å². The van der Waals surface area contributed by atoms with Gasteiger partial charge in [-0.1, -0.05) is 24.3 Å². The molecule has 0 bridgehead atoms. The number of hydrogen-bond acceptors (Lipinski definition) is 4. The van der Waals surface area contributed by atoms with Crippen molar-refractivity contribution in [3.05, 3.63) is 53.9 Å². The second-order valence-corrected chi connectivity index (χ2v) is 5.19. The van der Waals surface area contributed by atoms with Crippen LogP contribution in [0.5, 0.6) is 0 Å². The molecular formula is C16H19N5O. The van der Waals surface area contributed by atoms with Crippen molar-refractivity contribution in [3.63, 3.8) is 0 Å². The van der Waals surface area contributed by atoms with Gasteiger partial charge in [-0.15, -0.1) is 0 Å². The van der Waals surface area contributed by atoms with Crippen LogP contribution in [0.4, 0.5) is 10.7 Å². The van der Waals surface area contributed by atoms with Crippen LogP contribution in [0.15, 0.2) is 42.7 Å². The van der Waals surface area contributed by atoms with Crippen LogP contribution in [0, 0.1) is 0 Å². The summed E-state index contributed by atoms with van der Waals surface area (Å²) in [6.45, 7) is 1.09. The Kier molecular flexibility index (Phi) is 4.48. The number of fused-ring (bicyclic) bond motifs is 1. The van der Waals surface area contributed by atoms with Gasteiger partial charge < -0.3 is 16.0 Å². The number of aromatic nitrogens is 2. The number of nitrogens with one attached hydrogen (secondary N) is 3. The molecule has 1 aliphatic carbocycles. The molecule has 6 heteroatoms. The zero-order valence-electron chi connectivity index (χ0n) is 12.2. The maximum absolute atomic E-state index is 11.9. The summed E-state index contributed by atoms with van der Waals surface area (Å²) in [4.78, 5) is 20.0. The van der Waals surface area contributed by atoms with Crippen molar-refractivity contribution in [2.24, 2.45) is 0 Å². The summed E-state index contributed by atoms with van der Waals surface area (Å²) in [5.74, 6) is 0.564. The zero-order valence-corrected chi connectivity index (χ0v) is 12.2. The van der Waals surface area contributed by atoms with Gasteiger partial charge in [-0.05, 0) is 30.0 Å². The Labute approximate surface area is 129 Å². The molecule has 0 spiro atoms. The number of anilines is 1. The highest BCUT2D eigenvalue weighted by Gasteiger charge is 2.22. The number of urea groups is 1. The van der Waals surface area contributed by atoms with Crippen LogP contribution in [-0.2, 0) is 6.42 Å². The second-order valence-electron chi connectivity index (χ2n) is 5.19. The highest BCUT2D eigenvalue weighted by Crippen LogP contribution is 2.30. The van der Waals surface area contributed by atoms with Crippen LogP contribution < -0.4 is 16.0 Å². The van der Waals surface area contributed by atoms with Crippen LogP contribution in [0.2, 0.25) is 0 Å². The lowest BCUT2D eigenvalue weighted by Crippen LogP contribution is -2.39. The van der Waals surface area contributed by atoms with Crippen molar-refractivity contribution >= 4 is 12.0 Å². The van der Waals surface area contributed by atoms with Crippen LogP contribution in [0.1, 0.15) is 23.6 Å². The number of benzene rings is 1. The summed E-state index contributed by atoms with van der Waals surface area (Å²) in [6.07, 6.45) is 5.33. The smallest absolute Gasteiger partial charge is 0.315 e. The largest absolute Gasteiger partial charge is 0.352 e. The molecule has 0 unspecified atom stereocenters. The number of nitrogens with zero attached hydrogens (tertiary/aromatic N) is 2. The topological polar surface area (TPSA) is 78.9 Å². The average Bonchev–Trinajstić information content (AvgIpc) is 2.96. The maximum Gasteiger partial charge on any atom is 0.315 e. The summed E-state index contributed by atoms with van der Waals surface area (Å²) in [5.41, 5.74) is 2.56. The van der Waals surface area contributed by atoms with Crippen LogP contribution >= 0.6 is 0 Å². The Bertz CT molecular complexity index is 631. The van der Waals surface area contributed by atoms with Crippen molar-refractivity contribution in [1.82, 2.24) is 20.6 Å². The third-order valence-corrected chi connectivity index (χ3v) is 3.70. The average molecular weight is 297 g/mol. The van der Waals surface area contributed by atoms with E-state index in [-0.39, 0.29) is 12.1 Å². The zero-order chi connectivity index (χ0) is 15.2. The number of carbonyl (C=O) groups is 1. The molecule has 2 amide bonds. The molecule has 6 nitrogen and oxygen atoms in total. The van der Waals surface area contributed by atoms with Gasteiger partial charge >= 0.3 is 6.03 Å². The molecule has 0 saturated carbocycles. The van der Waals surface area contributed by atoms with E-state index in [0.29, 0.717) is 19.0 Å². The first-order valence-corrected chi connectivity index (χ1v) is 7.46. The molecule has 2 aromatic rings. The van der Waals surface area contributed by atoms with Crippen LogP contribution in [0.25, 0.3) is 0 Å². The third-order valence-electron chi connectivity index (χ3n) is 3.70. The van der Waals surface area contributed by atoms with E-state index in [1.807, 2.05) is 12.1 Å². The van der Waals surface area contributed by atoms with E-state index in [0.717, 1.165) is 12.8 Å². The number of amides is 2. The normalized spacial score (nSPS) is 15.9. The van der Waals surface area contributed by atoms with Crippen molar-refractivity contribution in [2.75, 3.05) is 18.4 Å². The molecule has 1 atom stereocenters. The summed E-state index contributed by atoms with van der Waals surface area (Å²) < 4.78 is 0. The Morgan fingerprint density at radius 1 is 1.14 bits per heavy atom. The highest BCUT2D eigenvalue weighted by molar-refractivity contribution is 5.74. The molecule has 0 aliphatic heterocycles. The molecule has 0 fully saturated rings. The summed E-state index contributed by atoms with van der Waals surface area (Å²) in [5, 5.41) is 8.91. The molecule has 1 aromatic heterocycles. The quantitative estimate of drug-likeness (QED) is 0.736. The fraction of sp³-hybridized carbons (Fsp3) is 0.312. The van der Waals surface area contributed by atoms with E-state index >= 15 is 0 Å². The predicted molar refractivity (Wildman–Crippen MR) is 84.6 cm³/mol. The standard InChI is InChI=1S/C16H19N5O/c22-16(20-11-10-19-15-17-8-3-9-18-15)21-14-7-6-12-4-1-2-5-13(12)14/h1-5,8-9,14H,6-7,10-11H2,(H,17,18,19)(H2,20,21,22)/t14-/m0/s1. The Hall–Kier alpha value is -2.63. The molecule has 0 radical (unpaired) electrons. The van der Waals surface area contributed by atoms with Gasteiger partial charge in [0.25, 0.3) is 0 Å². The first kappa shape index (κ1) is 14.3. The lowest BCUT2D eigenvalue weighted by Gasteiger charge is -2.15. The molecule has 1 heterocycles. The fourth-order valence-electron chi connectivity index (χ4n) is 2.66. The maximum atomic E-state index is 11.9. The molecular weight excluding hydrogens is 278 g/mol. The molecule has 1 aliphatic rings. The monoisotopic (exact) mass is 297 g/mol. The van der Waals surface area contributed by atoms with Gasteiger partial charge in [0.2, 0.25) is 5.95 Å². The van der Waals surface area contributed by atoms with E-state index in [1.165, 1.54) is 11.1 Å². The molecule has 1 aromatic carbocycles. The third kappa shape index (κ3) is 3.52. The minimum Gasteiger partial charge on any atom is -0.352 e. The van der Waals surface area contributed by atoms with Gasteiger partial charge in [0.1, 0.15) is 0 Å².